The van der Waals surface area contributed by atoms with Crippen molar-refractivity contribution in [2.45, 2.75) is 32.1 Å². The topological polar surface area (TPSA) is 94.2 Å². The molecule has 0 aromatic heterocycles. The van der Waals surface area contributed by atoms with E-state index in [0.717, 1.165) is 25.7 Å². The van der Waals surface area contributed by atoms with Crippen LogP contribution in [0.15, 0.2) is 18.2 Å². The number of hydrogen-bond donors (Lipinski definition) is 1. The normalized spacial score (nSPS) is 14.4. The molecular formula is C20H28N2O6. The van der Waals surface area contributed by atoms with E-state index >= 15 is 0 Å². The first-order valence-corrected chi connectivity index (χ1v) is 9.48. The molecule has 2 rings (SSSR count). The molecule has 0 bridgehead atoms. The van der Waals surface area contributed by atoms with Crippen LogP contribution in [0.3, 0.4) is 0 Å². The summed E-state index contributed by atoms with van der Waals surface area (Å²) in [5.41, 5.74) is 0.292. The van der Waals surface area contributed by atoms with E-state index in [4.69, 9.17) is 14.2 Å². The maximum Gasteiger partial charge on any atom is 0.325 e. The molecule has 0 spiro atoms. The molecule has 1 aromatic rings. The Hall–Kier alpha value is -2.77. The Kier molecular flexibility index (Phi) is 8.58. The number of amides is 2. The zero-order valence-electron chi connectivity index (χ0n) is 16.5. The highest BCUT2D eigenvalue weighted by Gasteiger charge is 2.17. The fourth-order valence-corrected chi connectivity index (χ4v) is 2.97. The van der Waals surface area contributed by atoms with E-state index in [-0.39, 0.29) is 19.1 Å². The first-order chi connectivity index (χ1) is 13.5. The van der Waals surface area contributed by atoms with Gasteiger partial charge in [-0.2, -0.15) is 0 Å². The number of esters is 1. The van der Waals surface area contributed by atoms with Gasteiger partial charge in [0.1, 0.15) is 18.0 Å². The lowest BCUT2D eigenvalue weighted by Crippen LogP contribution is -2.38. The highest BCUT2D eigenvalue weighted by molar-refractivity contribution is 5.96. The highest BCUT2D eigenvalue weighted by Crippen LogP contribution is 2.22. The van der Waals surface area contributed by atoms with Crippen LogP contribution in [-0.4, -0.2) is 63.1 Å². The molecule has 8 heteroatoms. The quantitative estimate of drug-likeness (QED) is 0.711. The fraction of sp³-hybridized carbons (Fsp3) is 0.550. The lowest BCUT2D eigenvalue weighted by molar-refractivity contribution is -0.151. The highest BCUT2D eigenvalue weighted by atomic mass is 16.5. The third-order valence-electron chi connectivity index (χ3n) is 4.57. The number of ether oxygens (including phenoxy) is 3. The van der Waals surface area contributed by atoms with Gasteiger partial charge in [-0.1, -0.05) is 19.3 Å². The minimum Gasteiger partial charge on any atom is -0.497 e. The van der Waals surface area contributed by atoms with Crippen LogP contribution in [0, 0.1) is 0 Å². The van der Waals surface area contributed by atoms with Gasteiger partial charge in [0.25, 0.3) is 11.8 Å². The van der Waals surface area contributed by atoms with E-state index in [2.05, 4.69) is 5.32 Å². The van der Waals surface area contributed by atoms with Crippen molar-refractivity contribution in [1.29, 1.82) is 0 Å². The SMILES string of the molecule is COc1cc(OC)cc(C(=O)NCC(=O)OCC(=O)N2CCCCCCC2)c1. The molecular weight excluding hydrogens is 364 g/mol. The Morgan fingerprint density at radius 3 is 2.07 bits per heavy atom. The molecule has 28 heavy (non-hydrogen) atoms. The Morgan fingerprint density at radius 1 is 0.929 bits per heavy atom. The summed E-state index contributed by atoms with van der Waals surface area (Å²) in [6.45, 7) is 0.767. The molecule has 0 saturated carbocycles. The van der Waals surface area contributed by atoms with Crippen molar-refractivity contribution in [3.8, 4) is 11.5 Å². The second-order valence-electron chi connectivity index (χ2n) is 6.59. The molecule has 0 atom stereocenters. The van der Waals surface area contributed by atoms with E-state index in [0.29, 0.717) is 30.2 Å². The van der Waals surface area contributed by atoms with Crippen molar-refractivity contribution in [1.82, 2.24) is 10.2 Å². The summed E-state index contributed by atoms with van der Waals surface area (Å²) in [7, 11) is 2.97. The van der Waals surface area contributed by atoms with Crippen LogP contribution in [0.1, 0.15) is 42.5 Å². The first kappa shape index (κ1) is 21.5. The van der Waals surface area contributed by atoms with Crippen LogP contribution < -0.4 is 14.8 Å². The van der Waals surface area contributed by atoms with Crippen LogP contribution in [0.4, 0.5) is 0 Å². The third kappa shape index (κ3) is 6.75. The van der Waals surface area contributed by atoms with Crippen molar-refractivity contribution in [3.63, 3.8) is 0 Å². The number of rotatable bonds is 7. The Morgan fingerprint density at radius 2 is 1.50 bits per heavy atom. The van der Waals surface area contributed by atoms with Gasteiger partial charge in [-0.3, -0.25) is 14.4 Å². The molecule has 1 aliphatic heterocycles. The summed E-state index contributed by atoms with van der Waals surface area (Å²) in [6, 6.07) is 4.71. The smallest absolute Gasteiger partial charge is 0.325 e. The number of likely N-dealkylation sites (tertiary alicyclic amines) is 1. The van der Waals surface area contributed by atoms with Crippen LogP contribution >= 0.6 is 0 Å². The lowest BCUT2D eigenvalue weighted by Gasteiger charge is -2.24. The zero-order chi connectivity index (χ0) is 20.4. The molecule has 0 radical (unpaired) electrons. The van der Waals surface area contributed by atoms with Crippen LogP contribution in [0.5, 0.6) is 11.5 Å². The van der Waals surface area contributed by atoms with Crippen LogP contribution in [-0.2, 0) is 14.3 Å². The molecule has 0 aliphatic carbocycles. The molecule has 0 unspecified atom stereocenters. The predicted molar refractivity (Wildman–Crippen MR) is 103 cm³/mol. The number of nitrogens with one attached hydrogen (secondary N) is 1. The van der Waals surface area contributed by atoms with Crippen molar-refractivity contribution >= 4 is 17.8 Å². The van der Waals surface area contributed by atoms with E-state index in [1.54, 1.807) is 11.0 Å². The second-order valence-corrected chi connectivity index (χ2v) is 6.59. The van der Waals surface area contributed by atoms with Crippen LogP contribution in [0.2, 0.25) is 0 Å². The monoisotopic (exact) mass is 392 g/mol. The number of nitrogens with zero attached hydrogens (tertiary/aromatic N) is 1. The molecule has 154 valence electrons. The summed E-state index contributed by atoms with van der Waals surface area (Å²) in [6.07, 6.45) is 5.38. The van der Waals surface area contributed by atoms with Crippen molar-refractivity contribution in [2.24, 2.45) is 0 Å². The fourth-order valence-electron chi connectivity index (χ4n) is 2.97. The predicted octanol–water partition coefficient (Wildman–Crippen LogP) is 1.77. The minimum atomic E-state index is -0.663. The Labute approximate surface area is 165 Å². The van der Waals surface area contributed by atoms with E-state index in [1.165, 1.54) is 32.8 Å². The number of methoxy groups -OCH3 is 2. The van der Waals surface area contributed by atoms with Gasteiger partial charge in [-0.25, -0.2) is 0 Å². The van der Waals surface area contributed by atoms with E-state index in [1.807, 2.05) is 0 Å². The summed E-state index contributed by atoms with van der Waals surface area (Å²) >= 11 is 0. The maximum atomic E-state index is 12.2. The third-order valence-corrected chi connectivity index (χ3v) is 4.57. The maximum absolute atomic E-state index is 12.2. The number of benzene rings is 1. The van der Waals surface area contributed by atoms with Crippen molar-refractivity contribution in [3.05, 3.63) is 23.8 Å². The Bertz CT molecular complexity index is 661. The van der Waals surface area contributed by atoms with Gasteiger partial charge in [-0.05, 0) is 25.0 Å². The molecule has 1 N–H and O–H groups in total. The summed E-state index contributed by atoms with van der Waals surface area (Å²) < 4.78 is 15.2. The number of hydrogen-bond acceptors (Lipinski definition) is 6. The van der Waals surface area contributed by atoms with Crippen molar-refractivity contribution in [2.75, 3.05) is 40.5 Å². The number of carbonyl (C=O) groups excluding carboxylic acids is 3. The molecule has 1 fully saturated rings. The van der Waals surface area contributed by atoms with Gasteiger partial charge in [-0.15, -0.1) is 0 Å². The molecule has 1 aromatic carbocycles. The summed E-state index contributed by atoms with van der Waals surface area (Å²) in [5.74, 6) is -0.399. The summed E-state index contributed by atoms with van der Waals surface area (Å²) in [5, 5.41) is 2.47. The van der Waals surface area contributed by atoms with Gasteiger partial charge in [0.05, 0.1) is 14.2 Å². The van der Waals surface area contributed by atoms with Gasteiger partial charge in [0, 0.05) is 24.7 Å². The average Bonchev–Trinajstić information content (AvgIpc) is 2.69. The molecule has 1 heterocycles. The van der Waals surface area contributed by atoms with Gasteiger partial charge in [0.2, 0.25) is 0 Å². The van der Waals surface area contributed by atoms with E-state index < -0.39 is 11.9 Å². The van der Waals surface area contributed by atoms with E-state index in [9.17, 15) is 14.4 Å². The van der Waals surface area contributed by atoms with Gasteiger partial charge < -0.3 is 24.4 Å². The zero-order valence-corrected chi connectivity index (χ0v) is 16.5. The molecule has 1 saturated heterocycles. The molecule has 1 aliphatic rings. The average molecular weight is 392 g/mol. The minimum absolute atomic E-state index is 0.195. The van der Waals surface area contributed by atoms with Gasteiger partial charge >= 0.3 is 5.97 Å². The largest absolute Gasteiger partial charge is 0.497 e. The molecule has 8 nitrogen and oxygen atoms in total. The number of carbonyl (C=O) groups is 3. The van der Waals surface area contributed by atoms with Crippen LogP contribution in [0.25, 0.3) is 0 Å². The summed E-state index contributed by atoms with van der Waals surface area (Å²) in [4.78, 5) is 38.1. The second kappa shape index (κ2) is 11.2. The first-order valence-electron chi connectivity index (χ1n) is 9.48. The van der Waals surface area contributed by atoms with Gasteiger partial charge in [0.15, 0.2) is 6.61 Å². The lowest BCUT2D eigenvalue weighted by atomic mass is 10.1. The molecule has 2 amide bonds. The van der Waals surface area contributed by atoms with Crippen molar-refractivity contribution < 1.29 is 28.6 Å². The standard InChI is InChI=1S/C20H28N2O6/c1-26-16-10-15(11-17(12-16)27-2)20(25)21-13-19(24)28-14-18(23)22-8-6-4-3-5-7-9-22/h10-12H,3-9,13-14H2,1-2H3,(H,21,25). The Balaban J connectivity index is 1.78.